The maximum atomic E-state index is 12.5. The molecule has 0 amide bonds. The Labute approximate surface area is 199 Å². The van der Waals surface area contributed by atoms with Crippen LogP contribution in [0.1, 0.15) is 37.5 Å². The normalized spacial score (nSPS) is 13.5. The molecule has 0 aliphatic carbocycles. The highest BCUT2D eigenvalue weighted by Gasteiger charge is 2.27. The molecule has 4 rings (SSSR count). The van der Waals surface area contributed by atoms with E-state index in [-0.39, 0.29) is 11.0 Å². The van der Waals surface area contributed by atoms with Crippen LogP contribution < -0.4 is 19.8 Å². The fourth-order valence-corrected chi connectivity index (χ4v) is 4.59. The van der Waals surface area contributed by atoms with E-state index in [4.69, 9.17) is 9.47 Å². The molecule has 8 heteroatoms. The van der Waals surface area contributed by atoms with Crippen LogP contribution in [0.15, 0.2) is 59.5 Å². The monoisotopic (exact) mass is 480 g/mol. The van der Waals surface area contributed by atoms with Gasteiger partial charge in [0.1, 0.15) is 17.3 Å². The number of anilines is 1. The summed E-state index contributed by atoms with van der Waals surface area (Å²) in [6.07, 6.45) is 5.21. The van der Waals surface area contributed by atoms with Crippen molar-refractivity contribution >= 4 is 21.5 Å². The number of methoxy groups -OCH3 is 1. The number of ether oxygens (including phenoxy) is 2. The zero-order valence-electron chi connectivity index (χ0n) is 19.9. The number of hydrogen-bond donors (Lipinski definition) is 2. The van der Waals surface area contributed by atoms with Gasteiger partial charge in [-0.2, -0.15) is 0 Å². The van der Waals surface area contributed by atoms with Crippen molar-refractivity contribution in [1.29, 1.82) is 0 Å². The number of H-pyrrole nitrogens is 1. The van der Waals surface area contributed by atoms with Crippen LogP contribution in [0.3, 0.4) is 0 Å². The first kappa shape index (κ1) is 23.6. The molecule has 7 nitrogen and oxygen atoms in total. The van der Waals surface area contributed by atoms with Gasteiger partial charge >= 0.3 is 0 Å². The number of hydrogen-bond acceptors (Lipinski definition) is 5. The Bertz CT molecular complexity index is 1450. The summed E-state index contributed by atoms with van der Waals surface area (Å²) < 4.78 is 37.7. The van der Waals surface area contributed by atoms with E-state index in [1.165, 1.54) is 0 Å². The third-order valence-electron chi connectivity index (χ3n) is 5.59. The van der Waals surface area contributed by atoms with Gasteiger partial charge in [0.15, 0.2) is 0 Å². The first-order valence-corrected chi connectivity index (χ1v) is 12.7. The lowest BCUT2D eigenvalue weighted by molar-refractivity contribution is 0.392. The molecule has 0 unspecified atom stereocenters. The maximum Gasteiger partial charge on any atom is 0.255 e. The number of aromatic nitrogens is 1. The zero-order chi connectivity index (χ0) is 24.7. The van der Waals surface area contributed by atoms with Crippen LogP contribution in [0.2, 0.25) is 0 Å². The van der Waals surface area contributed by atoms with E-state index >= 15 is 0 Å². The predicted molar refractivity (Wildman–Crippen MR) is 135 cm³/mol. The Morgan fingerprint density at radius 1 is 1.09 bits per heavy atom. The third kappa shape index (κ3) is 4.87. The van der Waals surface area contributed by atoms with Gasteiger partial charge in [-0.1, -0.05) is 20.8 Å². The van der Waals surface area contributed by atoms with Gasteiger partial charge in [-0.05, 0) is 65.9 Å². The largest absolute Gasteiger partial charge is 0.496 e. The van der Waals surface area contributed by atoms with Crippen LogP contribution >= 0.6 is 0 Å². The number of aromatic amines is 1. The molecule has 178 valence electrons. The van der Waals surface area contributed by atoms with Crippen LogP contribution in [0.25, 0.3) is 16.9 Å². The van der Waals surface area contributed by atoms with Crippen LogP contribution in [-0.2, 0) is 21.9 Å². The number of fused-ring (bicyclic) bond motifs is 1. The molecule has 2 N–H and O–H groups in total. The first-order valence-electron chi connectivity index (χ1n) is 10.9. The number of nitrogens with one attached hydrogen (secondary N) is 2. The lowest BCUT2D eigenvalue weighted by Gasteiger charge is -2.27. The molecule has 0 saturated carbocycles. The average molecular weight is 481 g/mol. The summed E-state index contributed by atoms with van der Waals surface area (Å²) in [4.78, 5) is 15.3. The summed E-state index contributed by atoms with van der Waals surface area (Å²) in [6, 6.07) is 12.7. The quantitative estimate of drug-likeness (QED) is 0.552. The molecular formula is C26H28N2O5S. The topological polar surface area (TPSA) is 97.5 Å². The van der Waals surface area contributed by atoms with Gasteiger partial charge in [-0.15, -0.1) is 0 Å². The molecule has 0 radical (unpaired) electrons. The molecule has 0 atom stereocenters. The van der Waals surface area contributed by atoms with E-state index in [0.717, 1.165) is 28.5 Å². The summed E-state index contributed by atoms with van der Waals surface area (Å²) in [6.45, 7) is 6.28. The minimum Gasteiger partial charge on any atom is -0.496 e. The minimum atomic E-state index is -3.37. The van der Waals surface area contributed by atoms with Gasteiger partial charge < -0.3 is 14.5 Å². The van der Waals surface area contributed by atoms with Gasteiger partial charge in [-0.25, -0.2) is 8.42 Å². The van der Waals surface area contributed by atoms with Crippen molar-refractivity contribution in [2.75, 3.05) is 18.1 Å². The second kappa shape index (κ2) is 8.68. The number of allylic oxidation sites excluding steroid dienone is 1. The van der Waals surface area contributed by atoms with Gasteiger partial charge in [0, 0.05) is 28.6 Å². The number of benzene rings is 2. The number of rotatable bonds is 5. The Balaban J connectivity index is 1.82. The molecule has 0 fully saturated rings. The van der Waals surface area contributed by atoms with Gasteiger partial charge in [0.2, 0.25) is 10.0 Å². The van der Waals surface area contributed by atoms with Crippen LogP contribution in [0.5, 0.6) is 11.5 Å². The molecule has 0 bridgehead atoms. The van der Waals surface area contributed by atoms with Crippen LogP contribution in [0.4, 0.5) is 5.69 Å². The van der Waals surface area contributed by atoms with Crippen molar-refractivity contribution in [1.82, 2.24) is 4.98 Å². The number of pyridine rings is 1. The fourth-order valence-electron chi connectivity index (χ4n) is 4.04. The Morgan fingerprint density at radius 2 is 1.85 bits per heavy atom. The standard InChI is InChI=1S/C26H28N2O5S/c1-26(2,3)21-15-17(19-7-6-12-27-25(19)29)14-20(24(21)32-4)23-10-8-16-13-18(28-34(5,30)31)9-11-22(16)33-23/h6-7,9-15,28H,8H2,1-5H3,(H,27,29). The Hall–Kier alpha value is -3.52. The summed E-state index contributed by atoms with van der Waals surface area (Å²) >= 11 is 0. The molecule has 34 heavy (non-hydrogen) atoms. The van der Waals surface area contributed by atoms with Gasteiger partial charge in [-0.3, -0.25) is 9.52 Å². The molecule has 1 aliphatic rings. The molecule has 3 aromatic rings. The molecular weight excluding hydrogens is 452 g/mol. The van der Waals surface area contributed by atoms with E-state index in [2.05, 4.69) is 30.5 Å². The lowest BCUT2D eigenvalue weighted by atomic mass is 9.82. The molecule has 2 aromatic carbocycles. The predicted octanol–water partition coefficient (Wildman–Crippen LogP) is 4.70. The lowest BCUT2D eigenvalue weighted by Crippen LogP contribution is -2.16. The molecule has 1 aliphatic heterocycles. The summed E-state index contributed by atoms with van der Waals surface area (Å²) in [5, 5.41) is 0. The SMILES string of the molecule is COc1c(C2=CCc3cc(NS(C)(=O)=O)ccc3O2)cc(-c2ccc[nH]c2=O)cc1C(C)(C)C. The van der Waals surface area contributed by atoms with Gasteiger partial charge in [0.05, 0.1) is 18.9 Å². The summed E-state index contributed by atoms with van der Waals surface area (Å²) in [7, 11) is -1.74. The van der Waals surface area contributed by atoms with Crippen LogP contribution in [0, 0.1) is 0 Å². The van der Waals surface area contributed by atoms with Crippen molar-refractivity contribution in [2.24, 2.45) is 0 Å². The van der Waals surface area contributed by atoms with Crippen molar-refractivity contribution in [2.45, 2.75) is 32.6 Å². The average Bonchev–Trinajstić information content (AvgIpc) is 2.76. The highest BCUT2D eigenvalue weighted by molar-refractivity contribution is 7.92. The van der Waals surface area contributed by atoms with E-state index < -0.39 is 10.0 Å². The van der Waals surface area contributed by atoms with Crippen LogP contribution in [-0.4, -0.2) is 26.8 Å². The molecule has 0 spiro atoms. The van der Waals surface area contributed by atoms with E-state index in [1.807, 2.05) is 18.2 Å². The second-order valence-electron chi connectivity index (χ2n) is 9.34. The van der Waals surface area contributed by atoms with Crippen molar-refractivity contribution < 1.29 is 17.9 Å². The minimum absolute atomic E-state index is 0.173. The fraction of sp³-hybridized carbons (Fsp3) is 0.269. The molecule has 0 saturated heterocycles. The first-order chi connectivity index (χ1) is 16.0. The third-order valence-corrected chi connectivity index (χ3v) is 6.19. The van der Waals surface area contributed by atoms with Crippen molar-refractivity contribution in [3.8, 4) is 22.6 Å². The summed E-state index contributed by atoms with van der Waals surface area (Å²) in [5.41, 5.74) is 3.95. The smallest absolute Gasteiger partial charge is 0.255 e. The van der Waals surface area contributed by atoms with E-state index in [9.17, 15) is 13.2 Å². The highest BCUT2D eigenvalue weighted by atomic mass is 32.2. The number of sulfonamides is 1. The zero-order valence-corrected chi connectivity index (χ0v) is 20.7. The summed E-state index contributed by atoms with van der Waals surface area (Å²) in [5.74, 6) is 1.94. The van der Waals surface area contributed by atoms with Crippen molar-refractivity contribution in [3.63, 3.8) is 0 Å². The molecule has 2 heterocycles. The Kier molecular flexibility index (Phi) is 6.03. The second-order valence-corrected chi connectivity index (χ2v) is 11.1. The Morgan fingerprint density at radius 3 is 2.50 bits per heavy atom. The van der Waals surface area contributed by atoms with E-state index in [1.54, 1.807) is 43.6 Å². The van der Waals surface area contributed by atoms with Crippen molar-refractivity contribution in [3.05, 3.63) is 81.8 Å². The highest BCUT2D eigenvalue weighted by Crippen LogP contribution is 2.42. The molecule has 1 aromatic heterocycles. The maximum absolute atomic E-state index is 12.5. The van der Waals surface area contributed by atoms with Gasteiger partial charge in [0.25, 0.3) is 5.56 Å². The van der Waals surface area contributed by atoms with E-state index in [0.29, 0.717) is 34.9 Å².